The van der Waals surface area contributed by atoms with Crippen molar-refractivity contribution < 1.29 is 4.79 Å². The third-order valence-corrected chi connectivity index (χ3v) is 3.93. The fraction of sp³-hybridized carbons (Fsp3) is 0.389. The fourth-order valence-corrected chi connectivity index (χ4v) is 2.31. The lowest BCUT2D eigenvalue weighted by atomic mass is 9.96. The summed E-state index contributed by atoms with van der Waals surface area (Å²) in [6.07, 6.45) is 1.53. The van der Waals surface area contributed by atoms with E-state index in [0.29, 0.717) is 25.3 Å². The molecule has 1 aromatic carbocycles. The normalized spacial score (nSPS) is 11.2. The Labute approximate surface area is 152 Å². The largest absolute Gasteiger partial charge is 0.381 e. The molecule has 7 heteroatoms. The molecule has 1 amide bonds. The van der Waals surface area contributed by atoms with Crippen molar-refractivity contribution in [2.24, 2.45) is 5.41 Å². The third kappa shape index (κ3) is 5.32. The van der Waals surface area contributed by atoms with E-state index in [2.05, 4.69) is 15.7 Å². The Morgan fingerprint density at radius 2 is 1.88 bits per heavy atom. The third-order valence-electron chi connectivity index (χ3n) is 3.57. The number of hydrogen-bond acceptors (Lipinski definition) is 4. The molecule has 6 nitrogen and oxygen atoms in total. The van der Waals surface area contributed by atoms with E-state index in [4.69, 9.17) is 11.6 Å². The van der Waals surface area contributed by atoms with Gasteiger partial charge in [0.2, 0.25) is 5.91 Å². The summed E-state index contributed by atoms with van der Waals surface area (Å²) < 4.78 is 1.32. The van der Waals surface area contributed by atoms with Crippen molar-refractivity contribution in [3.8, 4) is 0 Å². The summed E-state index contributed by atoms with van der Waals surface area (Å²) in [6.45, 7) is 6.79. The molecule has 0 atom stereocenters. The number of amides is 1. The quantitative estimate of drug-likeness (QED) is 0.774. The Morgan fingerprint density at radius 3 is 2.52 bits per heavy atom. The average molecular weight is 363 g/mol. The van der Waals surface area contributed by atoms with Gasteiger partial charge in [-0.2, -0.15) is 5.10 Å². The second-order valence-electron chi connectivity index (χ2n) is 6.75. The predicted molar refractivity (Wildman–Crippen MR) is 100 cm³/mol. The molecule has 25 heavy (non-hydrogen) atoms. The molecule has 0 saturated heterocycles. The van der Waals surface area contributed by atoms with E-state index >= 15 is 0 Å². The Hall–Kier alpha value is -2.34. The highest BCUT2D eigenvalue weighted by atomic mass is 35.5. The number of anilines is 1. The number of nitrogens with zero attached hydrogens (tertiary/aromatic N) is 2. The highest BCUT2D eigenvalue weighted by molar-refractivity contribution is 6.32. The molecule has 0 aliphatic carbocycles. The van der Waals surface area contributed by atoms with Gasteiger partial charge in [-0.05, 0) is 5.56 Å². The van der Waals surface area contributed by atoms with Crippen molar-refractivity contribution in [2.75, 3.05) is 18.4 Å². The zero-order valence-electron chi connectivity index (χ0n) is 14.7. The summed E-state index contributed by atoms with van der Waals surface area (Å²) in [7, 11) is 0. The molecule has 0 saturated carbocycles. The van der Waals surface area contributed by atoms with Crippen LogP contribution in [0.4, 0.5) is 5.69 Å². The summed E-state index contributed by atoms with van der Waals surface area (Å²) in [5, 5.41) is 10.1. The number of aromatic nitrogens is 2. The molecular weight excluding hydrogens is 340 g/mol. The van der Waals surface area contributed by atoms with Crippen molar-refractivity contribution in [1.82, 2.24) is 15.1 Å². The van der Waals surface area contributed by atoms with Crippen LogP contribution in [0.3, 0.4) is 0 Å². The number of nitrogens with one attached hydrogen (secondary N) is 2. The maximum atomic E-state index is 12.3. The summed E-state index contributed by atoms with van der Waals surface area (Å²) in [5.41, 5.74) is 0.644. The minimum Gasteiger partial charge on any atom is -0.381 e. The van der Waals surface area contributed by atoms with Crippen LogP contribution in [0.25, 0.3) is 0 Å². The van der Waals surface area contributed by atoms with Crippen LogP contribution in [-0.2, 0) is 11.3 Å². The molecule has 0 aliphatic rings. The van der Waals surface area contributed by atoms with Crippen molar-refractivity contribution in [1.29, 1.82) is 0 Å². The van der Waals surface area contributed by atoms with Gasteiger partial charge in [0, 0.05) is 18.5 Å². The van der Waals surface area contributed by atoms with Crippen LogP contribution in [0.1, 0.15) is 26.3 Å². The van der Waals surface area contributed by atoms with Gasteiger partial charge in [0.15, 0.2) is 0 Å². The summed E-state index contributed by atoms with van der Waals surface area (Å²) >= 11 is 6.16. The number of carbonyl (C=O) groups excluding carboxylic acids is 1. The van der Waals surface area contributed by atoms with Crippen LogP contribution in [0.15, 0.2) is 41.3 Å². The number of carbonyl (C=O) groups is 1. The lowest BCUT2D eigenvalue weighted by Crippen LogP contribution is -2.37. The Morgan fingerprint density at radius 1 is 1.20 bits per heavy atom. The number of hydrogen-bond donors (Lipinski definition) is 2. The smallest absolute Gasteiger partial charge is 0.287 e. The van der Waals surface area contributed by atoms with Gasteiger partial charge in [0.25, 0.3) is 5.56 Å². The molecule has 0 fully saturated rings. The topological polar surface area (TPSA) is 76.0 Å². The zero-order chi connectivity index (χ0) is 18.4. The van der Waals surface area contributed by atoms with Gasteiger partial charge in [0.1, 0.15) is 5.02 Å². The molecule has 2 rings (SSSR count). The lowest BCUT2D eigenvalue weighted by Gasteiger charge is -2.18. The molecule has 2 N–H and O–H groups in total. The first-order valence-electron chi connectivity index (χ1n) is 8.11. The zero-order valence-corrected chi connectivity index (χ0v) is 15.4. The van der Waals surface area contributed by atoms with Gasteiger partial charge < -0.3 is 10.6 Å². The van der Waals surface area contributed by atoms with Crippen LogP contribution in [0.5, 0.6) is 0 Å². The number of rotatable bonds is 6. The van der Waals surface area contributed by atoms with Gasteiger partial charge in [-0.15, -0.1) is 0 Å². The van der Waals surface area contributed by atoms with E-state index in [-0.39, 0.29) is 16.5 Å². The first kappa shape index (κ1) is 19.0. The second kappa shape index (κ2) is 8.16. The minimum absolute atomic E-state index is 0.0307. The molecule has 134 valence electrons. The molecule has 0 aliphatic heterocycles. The van der Waals surface area contributed by atoms with Crippen LogP contribution in [0.2, 0.25) is 5.02 Å². The average Bonchev–Trinajstić information content (AvgIpc) is 2.57. The van der Waals surface area contributed by atoms with Crippen LogP contribution < -0.4 is 16.2 Å². The maximum Gasteiger partial charge on any atom is 0.287 e. The van der Waals surface area contributed by atoms with E-state index in [9.17, 15) is 9.59 Å². The first-order valence-corrected chi connectivity index (χ1v) is 8.48. The Balaban J connectivity index is 1.96. The monoisotopic (exact) mass is 362 g/mol. The SMILES string of the molecule is CC(C)(C)C(=O)NCCNc1cnn(Cc2ccccc2)c(=O)c1Cl. The molecule has 1 aromatic heterocycles. The van der Waals surface area contributed by atoms with Crippen molar-refractivity contribution in [3.05, 3.63) is 57.5 Å². The van der Waals surface area contributed by atoms with Crippen molar-refractivity contribution in [3.63, 3.8) is 0 Å². The Kier molecular flexibility index (Phi) is 6.20. The van der Waals surface area contributed by atoms with Crippen molar-refractivity contribution >= 4 is 23.2 Å². The molecule has 2 aromatic rings. The number of halogens is 1. The number of benzene rings is 1. The Bertz CT molecular complexity index is 782. The van der Waals surface area contributed by atoms with E-state index in [0.717, 1.165) is 5.56 Å². The van der Waals surface area contributed by atoms with E-state index in [1.54, 1.807) is 0 Å². The lowest BCUT2D eigenvalue weighted by molar-refractivity contribution is -0.128. The van der Waals surface area contributed by atoms with Crippen LogP contribution in [-0.4, -0.2) is 28.8 Å². The molecular formula is C18H23ClN4O2. The van der Waals surface area contributed by atoms with Gasteiger partial charge in [-0.1, -0.05) is 62.7 Å². The highest BCUT2D eigenvalue weighted by Gasteiger charge is 2.20. The van der Waals surface area contributed by atoms with Crippen LogP contribution >= 0.6 is 11.6 Å². The predicted octanol–water partition coefficient (Wildman–Crippen LogP) is 2.52. The maximum absolute atomic E-state index is 12.3. The van der Waals surface area contributed by atoms with Gasteiger partial charge in [0.05, 0.1) is 18.4 Å². The van der Waals surface area contributed by atoms with Crippen LogP contribution in [0, 0.1) is 5.41 Å². The standard InChI is InChI=1S/C18H23ClN4O2/c1-18(2,3)17(25)21-10-9-20-14-11-22-23(16(24)15(14)19)12-13-7-5-4-6-8-13/h4-8,11,20H,9-10,12H2,1-3H3,(H,21,25). The van der Waals surface area contributed by atoms with E-state index in [1.165, 1.54) is 10.9 Å². The van der Waals surface area contributed by atoms with Gasteiger partial charge >= 0.3 is 0 Å². The van der Waals surface area contributed by atoms with Gasteiger partial charge in [-0.3, -0.25) is 9.59 Å². The second-order valence-corrected chi connectivity index (χ2v) is 7.13. The molecule has 0 bridgehead atoms. The van der Waals surface area contributed by atoms with Gasteiger partial charge in [-0.25, -0.2) is 4.68 Å². The summed E-state index contributed by atoms with van der Waals surface area (Å²) in [6, 6.07) is 9.57. The molecule has 1 heterocycles. The highest BCUT2D eigenvalue weighted by Crippen LogP contribution is 2.15. The van der Waals surface area contributed by atoms with Crippen molar-refractivity contribution in [2.45, 2.75) is 27.3 Å². The minimum atomic E-state index is -0.433. The first-order chi connectivity index (χ1) is 11.8. The molecule has 0 radical (unpaired) electrons. The summed E-state index contributed by atoms with van der Waals surface area (Å²) in [5.74, 6) is -0.0307. The summed E-state index contributed by atoms with van der Waals surface area (Å²) in [4.78, 5) is 24.1. The molecule has 0 spiro atoms. The van der Waals surface area contributed by atoms with E-state index < -0.39 is 5.41 Å². The fourth-order valence-electron chi connectivity index (χ4n) is 2.10. The van der Waals surface area contributed by atoms with E-state index in [1.807, 2.05) is 51.1 Å². The molecule has 0 unspecified atom stereocenters.